The molecule has 7 heteroatoms. The molecule has 6 nitrogen and oxygen atoms in total. The monoisotopic (exact) mass is 433 g/mol. The molecule has 0 amide bonds. The summed E-state index contributed by atoms with van der Waals surface area (Å²) in [6.45, 7) is 6.90. The van der Waals surface area contributed by atoms with Crippen molar-refractivity contribution in [2.75, 3.05) is 13.2 Å². The first-order valence-corrected chi connectivity index (χ1v) is 11.0. The van der Waals surface area contributed by atoms with Crippen LogP contribution in [0.25, 0.3) is 22.4 Å². The number of rotatable bonds is 9. The first-order valence-electron chi connectivity index (χ1n) is 10.2. The molecule has 0 atom stereocenters. The maximum absolute atomic E-state index is 12.9. The Balaban J connectivity index is 1.61. The van der Waals surface area contributed by atoms with E-state index in [4.69, 9.17) is 9.47 Å². The summed E-state index contributed by atoms with van der Waals surface area (Å²) in [6.07, 6.45) is 5.61. The van der Waals surface area contributed by atoms with E-state index in [0.29, 0.717) is 34.3 Å². The molecule has 4 aromatic rings. The van der Waals surface area contributed by atoms with Crippen LogP contribution in [0.3, 0.4) is 0 Å². The Hall–Kier alpha value is -3.45. The third kappa shape index (κ3) is 4.67. The fraction of sp³-hybridized carbons (Fsp3) is 0.208. The van der Waals surface area contributed by atoms with E-state index >= 15 is 0 Å². The van der Waals surface area contributed by atoms with Crippen LogP contribution >= 0.6 is 11.3 Å². The van der Waals surface area contributed by atoms with Gasteiger partial charge in [-0.3, -0.25) is 4.79 Å². The molecule has 2 aromatic carbocycles. The Morgan fingerprint density at radius 2 is 1.94 bits per heavy atom. The number of hydrogen-bond donors (Lipinski definition) is 0. The van der Waals surface area contributed by atoms with E-state index in [-0.39, 0.29) is 5.56 Å². The van der Waals surface area contributed by atoms with Gasteiger partial charge in [0, 0.05) is 11.1 Å². The smallest absolute Gasteiger partial charge is 0.291 e. The molecule has 0 aliphatic heterocycles. The fourth-order valence-electron chi connectivity index (χ4n) is 3.01. The molecule has 0 spiro atoms. The minimum absolute atomic E-state index is 0.197. The van der Waals surface area contributed by atoms with Gasteiger partial charge >= 0.3 is 0 Å². The Morgan fingerprint density at radius 3 is 2.68 bits per heavy atom. The van der Waals surface area contributed by atoms with Crippen LogP contribution in [-0.2, 0) is 0 Å². The molecule has 4 rings (SSSR count). The number of hydrogen-bond acceptors (Lipinski definition) is 6. The van der Waals surface area contributed by atoms with Gasteiger partial charge in [0.25, 0.3) is 5.56 Å². The van der Waals surface area contributed by atoms with Crippen molar-refractivity contribution in [3.63, 3.8) is 0 Å². The van der Waals surface area contributed by atoms with Gasteiger partial charge in [-0.05, 0) is 42.8 Å². The second-order valence-corrected chi connectivity index (χ2v) is 7.92. The van der Waals surface area contributed by atoms with Gasteiger partial charge in [-0.25, -0.2) is 0 Å². The highest BCUT2D eigenvalue weighted by molar-refractivity contribution is 7.15. The van der Waals surface area contributed by atoms with E-state index in [9.17, 15) is 4.79 Å². The molecule has 0 saturated heterocycles. The van der Waals surface area contributed by atoms with E-state index < -0.39 is 0 Å². The number of benzene rings is 2. The van der Waals surface area contributed by atoms with Crippen LogP contribution in [0.15, 0.2) is 66.0 Å². The summed E-state index contributed by atoms with van der Waals surface area (Å²) >= 11 is 1.30. The Bertz CT molecular complexity index is 1290. The van der Waals surface area contributed by atoms with E-state index in [1.54, 1.807) is 6.08 Å². The van der Waals surface area contributed by atoms with Crippen LogP contribution in [-0.4, -0.2) is 27.8 Å². The van der Waals surface area contributed by atoms with Crippen LogP contribution in [0.4, 0.5) is 0 Å². The molecular formula is C24H23N3O3S. The lowest BCUT2D eigenvalue weighted by Gasteiger charge is -2.05. The van der Waals surface area contributed by atoms with Crippen molar-refractivity contribution in [1.29, 1.82) is 0 Å². The highest BCUT2D eigenvalue weighted by atomic mass is 32.1. The van der Waals surface area contributed by atoms with Crippen molar-refractivity contribution >= 4 is 22.4 Å². The minimum atomic E-state index is -0.197. The second kappa shape index (κ2) is 9.57. The quantitative estimate of drug-likeness (QED) is 0.294. The van der Waals surface area contributed by atoms with Crippen molar-refractivity contribution in [2.24, 2.45) is 0 Å². The number of ether oxygens (including phenoxy) is 2. The molecule has 31 heavy (non-hydrogen) atoms. The zero-order chi connectivity index (χ0) is 21.6. The minimum Gasteiger partial charge on any atom is -0.494 e. The van der Waals surface area contributed by atoms with Gasteiger partial charge in [-0.1, -0.05) is 55.5 Å². The first-order chi connectivity index (χ1) is 15.2. The number of thiazole rings is 1. The molecule has 0 aliphatic carbocycles. The topological polar surface area (TPSA) is 65.7 Å². The van der Waals surface area contributed by atoms with E-state index in [1.165, 1.54) is 15.9 Å². The molecule has 0 saturated carbocycles. The molecule has 158 valence electrons. The molecule has 0 bridgehead atoms. The maximum atomic E-state index is 12.9. The average Bonchev–Trinajstić information content (AvgIpc) is 3.33. The van der Waals surface area contributed by atoms with Crippen molar-refractivity contribution in [2.45, 2.75) is 19.8 Å². The number of nitrogens with zero attached hydrogens (tertiary/aromatic N) is 3. The summed E-state index contributed by atoms with van der Waals surface area (Å²) < 4.78 is 13.3. The number of para-hydroxylation sites is 1. The predicted molar refractivity (Wildman–Crippen MR) is 124 cm³/mol. The first kappa shape index (κ1) is 20.8. The van der Waals surface area contributed by atoms with Crippen LogP contribution in [0, 0.1) is 0 Å². The van der Waals surface area contributed by atoms with Gasteiger partial charge in [-0.15, -0.1) is 5.10 Å². The third-order valence-corrected chi connectivity index (χ3v) is 5.58. The zero-order valence-electron chi connectivity index (χ0n) is 17.3. The number of fused-ring (bicyclic) bond motifs is 1. The van der Waals surface area contributed by atoms with Crippen molar-refractivity contribution in [3.05, 3.63) is 81.6 Å². The summed E-state index contributed by atoms with van der Waals surface area (Å²) in [5.41, 5.74) is 1.47. The lowest BCUT2D eigenvalue weighted by atomic mass is 10.2. The maximum Gasteiger partial charge on any atom is 0.291 e. The molecule has 0 fully saturated rings. The number of aromatic nitrogens is 3. The standard InChI is InChI=1S/C24H23N3O3S/c1-3-5-15-29-19-12-10-17(11-13-19)22-25-24-27(26-22)23(28)21(31-24)16-18-8-6-7-9-20(18)30-14-4-2/h4,6-13,16H,2-3,5,14-15H2,1H3/b21-16-. The van der Waals surface area contributed by atoms with E-state index in [1.807, 2.05) is 54.6 Å². The van der Waals surface area contributed by atoms with Crippen LogP contribution in [0.5, 0.6) is 11.5 Å². The van der Waals surface area contributed by atoms with Gasteiger partial charge in [0.2, 0.25) is 4.96 Å². The summed E-state index contributed by atoms with van der Waals surface area (Å²) in [5.74, 6) is 2.03. The normalized spacial score (nSPS) is 11.7. The molecule has 0 N–H and O–H groups in total. The van der Waals surface area contributed by atoms with E-state index in [0.717, 1.165) is 29.7 Å². The molecule has 0 aliphatic rings. The summed E-state index contributed by atoms with van der Waals surface area (Å²) in [7, 11) is 0. The van der Waals surface area contributed by atoms with Gasteiger partial charge in [-0.2, -0.15) is 9.50 Å². The molecule has 2 aromatic heterocycles. The van der Waals surface area contributed by atoms with Gasteiger partial charge in [0.15, 0.2) is 5.82 Å². The Morgan fingerprint density at radius 1 is 1.13 bits per heavy atom. The van der Waals surface area contributed by atoms with Gasteiger partial charge in [0.05, 0.1) is 11.1 Å². The Labute approximate surface area is 184 Å². The van der Waals surface area contributed by atoms with Gasteiger partial charge in [0.1, 0.15) is 18.1 Å². The summed E-state index contributed by atoms with van der Waals surface area (Å²) in [5, 5.41) is 4.42. The molecule has 2 heterocycles. The lowest BCUT2D eigenvalue weighted by molar-refractivity contribution is 0.309. The average molecular weight is 434 g/mol. The van der Waals surface area contributed by atoms with Crippen molar-refractivity contribution < 1.29 is 9.47 Å². The summed E-state index contributed by atoms with van der Waals surface area (Å²) in [6, 6.07) is 15.2. The molecule has 0 radical (unpaired) electrons. The van der Waals surface area contributed by atoms with Gasteiger partial charge < -0.3 is 9.47 Å². The Kier molecular flexibility index (Phi) is 6.43. The van der Waals surface area contributed by atoms with Crippen LogP contribution in [0.1, 0.15) is 25.3 Å². The lowest BCUT2D eigenvalue weighted by Crippen LogP contribution is -2.23. The third-order valence-electron chi connectivity index (χ3n) is 4.62. The highest BCUT2D eigenvalue weighted by Crippen LogP contribution is 2.21. The molecule has 0 unspecified atom stereocenters. The number of unbranched alkanes of at least 4 members (excludes halogenated alkanes) is 1. The predicted octanol–water partition coefficient (Wildman–Crippen LogP) is 4.11. The second-order valence-electron chi connectivity index (χ2n) is 6.91. The summed E-state index contributed by atoms with van der Waals surface area (Å²) in [4.78, 5) is 18.0. The molecular weight excluding hydrogens is 410 g/mol. The highest BCUT2D eigenvalue weighted by Gasteiger charge is 2.12. The van der Waals surface area contributed by atoms with Crippen LogP contribution < -0.4 is 19.6 Å². The largest absolute Gasteiger partial charge is 0.494 e. The fourth-order valence-corrected chi connectivity index (χ4v) is 3.91. The van der Waals surface area contributed by atoms with E-state index in [2.05, 4.69) is 23.6 Å². The zero-order valence-corrected chi connectivity index (χ0v) is 18.1. The van der Waals surface area contributed by atoms with Crippen LogP contribution in [0.2, 0.25) is 0 Å². The van der Waals surface area contributed by atoms with Crippen molar-refractivity contribution in [3.8, 4) is 22.9 Å². The SMILES string of the molecule is C=CCOc1ccccc1/C=c1\sc2nc(-c3ccc(OCCCC)cc3)nn2c1=O. The van der Waals surface area contributed by atoms with Crippen molar-refractivity contribution in [1.82, 2.24) is 14.6 Å².